The minimum Gasteiger partial charge on any atom is -0.492 e. The molecule has 1 fully saturated rings. The molecule has 2 aromatic carbocycles. The lowest BCUT2D eigenvalue weighted by molar-refractivity contribution is 0.0392. The molecule has 1 aliphatic heterocycles. The summed E-state index contributed by atoms with van der Waals surface area (Å²) in [5.74, 6) is 1.69. The van der Waals surface area contributed by atoms with Gasteiger partial charge in [-0.3, -0.25) is 9.89 Å². The van der Waals surface area contributed by atoms with E-state index in [1.165, 1.54) is 11.1 Å². The lowest BCUT2D eigenvalue weighted by Crippen LogP contribution is -2.38. The first-order valence-electron chi connectivity index (χ1n) is 11.1. The van der Waals surface area contributed by atoms with E-state index in [-0.39, 0.29) is 0 Å². The summed E-state index contributed by atoms with van der Waals surface area (Å²) in [6, 6.07) is 17.4. The molecule has 3 rings (SSSR count). The highest BCUT2D eigenvalue weighted by Crippen LogP contribution is 2.15. The van der Waals surface area contributed by atoms with Crippen molar-refractivity contribution in [2.75, 3.05) is 40.5 Å². The summed E-state index contributed by atoms with van der Waals surface area (Å²) in [4.78, 5) is 6.71. The smallest absolute Gasteiger partial charge is 0.191 e. The molecule has 0 spiro atoms. The van der Waals surface area contributed by atoms with Crippen molar-refractivity contribution in [3.05, 3.63) is 65.2 Å². The molecule has 31 heavy (non-hydrogen) atoms. The molecule has 2 aromatic rings. The number of nitrogens with one attached hydrogen (secondary N) is 2. The van der Waals surface area contributed by atoms with Gasteiger partial charge >= 0.3 is 0 Å². The Balaban J connectivity index is 1.41. The largest absolute Gasteiger partial charge is 0.492 e. The molecule has 1 heterocycles. The summed E-state index contributed by atoms with van der Waals surface area (Å²) in [6.07, 6.45) is 2.22. The number of nitrogens with zero attached hydrogens (tertiary/aromatic N) is 2. The Morgan fingerprint density at radius 2 is 1.77 bits per heavy atom. The molecule has 0 aliphatic carbocycles. The van der Waals surface area contributed by atoms with Crippen LogP contribution in [0.4, 0.5) is 0 Å². The van der Waals surface area contributed by atoms with Gasteiger partial charge in [-0.1, -0.05) is 42.0 Å². The fraction of sp³-hybridized carbons (Fsp3) is 0.480. The van der Waals surface area contributed by atoms with E-state index in [0.29, 0.717) is 19.2 Å². The highest BCUT2D eigenvalue weighted by Gasteiger charge is 2.17. The molecular formula is C25H36N4O2. The van der Waals surface area contributed by atoms with Gasteiger partial charge in [-0.05, 0) is 50.1 Å². The minimum absolute atomic E-state index is 0.604. The Hall–Kier alpha value is -2.57. The van der Waals surface area contributed by atoms with Gasteiger partial charge in [-0.15, -0.1) is 0 Å². The van der Waals surface area contributed by atoms with Crippen LogP contribution in [0.1, 0.15) is 29.5 Å². The maximum absolute atomic E-state index is 6.01. The van der Waals surface area contributed by atoms with E-state index in [9.17, 15) is 0 Å². The Morgan fingerprint density at radius 1 is 1.06 bits per heavy atom. The number of likely N-dealkylation sites (N-methyl/N-ethyl adjacent to an activating group) is 1. The maximum Gasteiger partial charge on any atom is 0.191 e. The van der Waals surface area contributed by atoms with Crippen molar-refractivity contribution >= 4 is 5.96 Å². The summed E-state index contributed by atoms with van der Waals surface area (Å²) in [6.45, 7) is 6.87. The van der Waals surface area contributed by atoms with E-state index in [1.54, 1.807) is 7.05 Å². The van der Waals surface area contributed by atoms with Crippen molar-refractivity contribution in [3.63, 3.8) is 0 Å². The molecular weight excluding hydrogens is 388 g/mol. The highest BCUT2D eigenvalue weighted by molar-refractivity contribution is 5.79. The Morgan fingerprint density at radius 3 is 2.48 bits per heavy atom. The van der Waals surface area contributed by atoms with Gasteiger partial charge < -0.3 is 20.1 Å². The standard InChI is InChI=1S/C25H36N4O2/c1-20-7-9-21(10-8-20)18-27-25(26-2)28-19-22-5-4-6-24(17-22)31-16-13-29(3)23-11-14-30-15-12-23/h4-10,17,23H,11-16,18-19H2,1-3H3,(H2,26,27,28). The van der Waals surface area contributed by atoms with Crippen molar-refractivity contribution in [2.24, 2.45) is 4.99 Å². The summed E-state index contributed by atoms with van der Waals surface area (Å²) < 4.78 is 11.5. The van der Waals surface area contributed by atoms with Gasteiger partial charge in [-0.2, -0.15) is 0 Å². The van der Waals surface area contributed by atoms with Crippen LogP contribution >= 0.6 is 0 Å². The summed E-state index contributed by atoms with van der Waals surface area (Å²) >= 11 is 0. The first-order chi connectivity index (χ1) is 15.1. The van der Waals surface area contributed by atoms with Crippen LogP contribution in [0.25, 0.3) is 0 Å². The van der Waals surface area contributed by atoms with Gasteiger partial charge in [0.25, 0.3) is 0 Å². The van der Waals surface area contributed by atoms with Gasteiger partial charge in [0.15, 0.2) is 5.96 Å². The maximum atomic E-state index is 6.01. The summed E-state index contributed by atoms with van der Waals surface area (Å²) in [5, 5.41) is 6.74. The quantitative estimate of drug-likeness (QED) is 0.478. The second-order valence-corrected chi connectivity index (χ2v) is 8.08. The number of rotatable bonds is 9. The molecule has 0 amide bonds. The number of guanidine groups is 1. The van der Waals surface area contributed by atoms with Crippen LogP contribution in [0, 0.1) is 6.92 Å². The van der Waals surface area contributed by atoms with Gasteiger partial charge in [0.2, 0.25) is 0 Å². The molecule has 0 unspecified atom stereocenters. The average molecular weight is 425 g/mol. The average Bonchev–Trinajstić information content (AvgIpc) is 2.81. The highest BCUT2D eigenvalue weighted by atomic mass is 16.5. The topological polar surface area (TPSA) is 58.1 Å². The Labute approximate surface area is 186 Å². The van der Waals surface area contributed by atoms with Gasteiger partial charge in [-0.25, -0.2) is 0 Å². The molecule has 0 saturated carbocycles. The normalized spacial score (nSPS) is 15.2. The molecule has 2 N–H and O–H groups in total. The lowest BCUT2D eigenvalue weighted by atomic mass is 10.1. The molecule has 0 bridgehead atoms. The molecule has 6 heteroatoms. The minimum atomic E-state index is 0.604. The number of ether oxygens (including phenoxy) is 2. The fourth-order valence-corrected chi connectivity index (χ4v) is 3.66. The first kappa shape index (κ1) is 23.1. The monoisotopic (exact) mass is 424 g/mol. The van der Waals surface area contributed by atoms with Gasteiger partial charge in [0.1, 0.15) is 12.4 Å². The number of aryl methyl sites for hydroxylation is 1. The zero-order chi connectivity index (χ0) is 21.9. The van der Waals surface area contributed by atoms with E-state index >= 15 is 0 Å². The zero-order valence-electron chi connectivity index (χ0n) is 19.1. The second kappa shape index (κ2) is 12.3. The molecule has 1 aliphatic rings. The van der Waals surface area contributed by atoms with E-state index in [0.717, 1.165) is 56.4 Å². The van der Waals surface area contributed by atoms with E-state index in [2.05, 4.69) is 70.9 Å². The van der Waals surface area contributed by atoms with Crippen LogP contribution in [-0.4, -0.2) is 57.4 Å². The van der Waals surface area contributed by atoms with Crippen molar-refractivity contribution in [1.29, 1.82) is 0 Å². The van der Waals surface area contributed by atoms with Gasteiger partial charge in [0.05, 0.1) is 0 Å². The van der Waals surface area contributed by atoms with Crippen molar-refractivity contribution in [2.45, 2.75) is 38.9 Å². The molecule has 168 valence electrons. The summed E-state index contributed by atoms with van der Waals surface area (Å²) in [5.41, 5.74) is 3.66. The SMILES string of the molecule is CN=C(NCc1ccc(C)cc1)NCc1cccc(OCCN(C)C2CCOCC2)c1. The number of aliphatic imine (C=N–C) groups is 1. The van der Waals surface area contributed by atoms with Crippen LogP contribution in [0.15, 0.2) is 53.5 Å². The number of hydrogen-bond acceptors (Lipinski definition) is 4. The fourth-order valence-electron chi connectivity index (χ4n) is 3.66. The van der Waals surface area contributed by atoms with Crippen LogP contribution < -0.4 is 15.4 Å². The van der Waals surface area contributed by atoms with Crippen LogP contribution in [-0.2, 0) is 17.8 Å². The summed E-state index contributed by atoms with van der Waals surface area (Å²) in [7, 11) is 3.97. The van der Waals surface area contributed by atoms with Crippen LogP contribution in [0.2, 0.25) is 0 Å². The predicted octanol–water partition coefficient (Wildman–Crippen LogP) is 3.35. The lowest BCUT2D eigenvalue weighted by Gasteiger charge is -2.31. The number of hydrogen-bond donors (Lipinski definition) is 2. The van der Waals surface area contributed by atoms with E-state index < -0.39 is 0 Å². The third-order valence-electron chi connectivity index (χ3n) is 5.69. The van der Waals surface area contributed by atoms with Crippen LogP contribution in [0.5, 0.6) is 5.75 Å². The van der Waals surface area contributed by atoms with Crippen LogP contribution in [0.3, 0.4) is 0 Å². The van der Waals surface area contributed by atoms with Crippen molar-refractivity contribution in [3.8, 4) is 5.75 Å². The van der Waals surface area contributed by atoms with Crippen molar-refractivity contribution < 1.29 is 9.47 Å². The first-order valence-corrected chi connectivity index (χ1v) is 11.1. The third kappa shape index (κ3) is 7.89. The van der Waals surface area contributed by atoms with E-state index in [1.807, 2.05) is 12.1 Å². The Bertz CT molecular complexity index is 817. The molecule has 0 radical (unpaired) electrons. The van der Waals surface area contributed by atoms with Gasteiger partial charge in [0, 0.05) is 45.9 Å². The molecule has 0 aromatic heterocycles. The predicted molar refractivity (Wildman–Crippen MR) is 127 cm³/mol. The molecule has 0 atom stereocenters. The third-order valence-corrected chi connectivity index (χ3v) is 5.69. The van der Waals surface area contributed by atoms with Crippen molar-refractivity contribution in [1.82, 2.24) is 15.5 Å². The number of benzene rings is 2. The second-order valence-electron chi connectivity index (χ2n) is 8.08. The Kier molecular flexibility index (Phi) is 9.18. The van der Waals surface area contributed by atoms with E-state index in [4.69, 9.17) is 9.47 Å². The molecule has 1 saturated heterocycles. The molecule has 6 nitrogen and oxygen atoms in total. The zero-order valence-corrected chi connectivity index (χ0v) is 19.1.